The van der Waals surface area contributed by atoms with Gasteiger partial charge in [-0.1, -0.05) is 6.07 Å². The van der Waals surface area contributed by atoms with Gasteiger partial charge in [-0.15, -0.1) is 0 Å². The van der Waals surface area contributed by atoms with Crippen LogP contribution in [0.25, 0.3) is 10.9 Å². The van der Waals surface area contributed by atoms with E-state index in [1.54, 1.807) is 0 Å². The lowest BCUT2D eigenvalue weighted by Crippen LogP contribution is -2.49. The number of aryl methyl sites for hydroxylation is 1. The van der Waals surface area contributed by atoms with Crippen LogP contribution in [0.2, 0.25) is 0 Å². The molecule has 3 aromatic rings. The number of pyridine rings is 1. The van der Waals surface area contributed by atoms with Gasteiger partial charge in [0.25, 0.3) is 5.91 Å². The number of amides is 1. The van der Waals surface area contributed by atoms with E-state index >= 15 is 0 Å². The van der Waals surface area contributed by atoms with Crippen molar-refractivity contribution in [2.45, 2.75) is 0 Å². The highest BCUT2D eigenvalue weighted by atomic mass is 16.2. The van der Waals surface area contributed by atoms with E-state index < -0.39 is 0 Å². The van der Waals surface area contributed by atoms with Crippen molar-refractivity contribution < 1.29 is 4.79 Å². The summed E-state index contributed by atoms with van der Waals surface area (Å²) < 4.78 is 2.06. The van der Waals surface area contributed by atoms with Gasteiger partial charge in [0, 0.05) is 62.1 Å². The molecule has 4 rings (SSSR count). The smallest absolute Gasteiger partial charge is 0.253 e. The first-order chi connectivity index (χ1) is 11.7. The maximum atomic E-state index is 12.8. The molecule has 1 aliphatic rings. The standard InChI is InChI=1S/C19H20N4O/c1-21-9-7-15-14-16(5-6-17(15)21)19(24)23-12-10-22(11-13-23)18-4-2-3-8-20-18/h2-9,14H,10-13H2,1H3. The van der Waals surface area contributed by atoms with Gasteiger partial charge < -0.3 is 14.4 Å². The van der Waals surface area contributed by atoms with Crippen molar-refractivity contribution in [1.29, 1.82) is 0 Å². The third-order valence-corrected chi connectivity index (χ3v) is 4.67. The minimum Gasteiger partial charge on any atom is -0.353 e. The minimum absolute atomic E-state index is 0.112. The highest BCUT2D eigenvalue weighted by Gasteiger charge is 2.23. The van der Waals surface area contributed by atoms with Crippen molar-refractivity contribution in [2.75, 3.05) is 31.1 Å². The summed E-state index contributed by atoms with van der Waals surface area (Å²) >= 11 is 0. The SMILES string of the molecule is Cn1ccc2cc(C(=O)N3CCN(c4ccccn4)CC3)ccc21. The molecular formula is C19H20N4O. The largest absolute Gasteiger partial charge is 0.353 e. The Hall–Kier alpha value is -2.82. The molecule has 0 saturated carbocycles. The van der Waals surface area contributed by atoms with Crippen molar-refractivity contribution in [1.82, 2.24) is 14.5 Å². The highest BCUT2D eigenvalue weighted by molar-refractivity contribution is 5.98. The number of hydrogen-bond acceptors (Lipinski definition) is 3. The summed E-state index contributed by atoms with van der Waals surface area (Å²) in [5.74, 6) is 1.09. The average molecular weight is 320 g/mol. The van der Waals surface area contributed by atoms with Gasteiger partial charge in [0.1, 0.15) is 5.82 Å². The topological polar surface area (TPSA) is 41.4 Å². The van der Waals surface area contributed by atoms with Crippen LogP contribution in [-0.4, -0.2) is 46.5 Å². The molecule has 0 bridgehead atoms. The number of hydrogen-bond donors (Lipinski definition) is 0. The van der Waals surface area contributed by atoms with E-state index in [4.69, 9.17) is 0 Å². The van der Waals surface area contributed by atoms with Gasteiger partial charge in [-0.2, -0.15) is 0 Å². The normalized spacial score (nSPS) is 15.0. The van der Waals surface area contributed by atoms with Gasteiger partial charge in [-0.05, 0) is 36.4 Å². The molecule has 1 aliphatic heterocycles. The predicted octanol–water partition coefficient (Wildman–Crippen LogP) is 2.54. The molecule has 122 valence electrons. The summed E-state index contributed by atoms with van der Waals surface area (Å²) in [7, 11) is 2.01. The molecule has 1 amide bonds. The molecule has 0 unspecified atom stereocenters. The fourth-order valence-corrected chi connectivity index (χ4v) is 3.28. The zero-order chi connectivity index (χ0) is 16.5. The van der Waals surface area contributed by atoms with Crippen molar-refractivity contribution >= 4 is 22.6 Å². The Balaban J connectivity index is 1.47. The summed E-state index contributed by atoms with van der Waals surface area (Å²) in [4.78, 5) is 21.3. The summed E-state index contributed by atoms with van der Waals surface area (Å²) in [5.41, 5.74) is 1.91. The molecule has 1 fully saturated rings. The minimum atomic E-state index is 0.112. The van der Waals surface area contributed by atoms with Crippen LogP contribution >= 0.6 is 0 Å². The van der Waals surface area contributed by atoms with Crippen molar-refractivity contribution in [3.63, 3.8) is 0 Å². The van der Waals surface area contributed by atoms with Gasteiger partial charge >= 0.3 is 0 Å². The van der Waals surface area contributed by atoms with Crippen LogP contribution in [0.4, 0.5) is 5.82 Å². The molecule has 0 radical (unpaired) electrons. The van der Waals surface area contributed by atoms with E-state index in [0.29, 0.717) is 0 Å². The first-order valence-electron chi connectivity index (χ1n) is 8.23. The molecule has 1 aromatic carbocycles. The molecular weight excluding hydrogens is 300 g/mol. The second-order valence-electron chi connectivity index (χ2n) is 6.17. The van der Waals surface area contributed by atoms with Gasteiger partial charge in [-0.25, -0.2) is 4.98 Å². The zero-order valence-corrected chi connectivity index (χ0v) is 13.7. The lowest BCUT2D eigenvalue weighted by atomic mass is 10.1. The molecule has 5 nitrogen and oxygen atoms in total. The Kier molecular flexibility index (Phi) is 3.69. The van der Waals surface area contributed by atoms with Crippen LogP contribution in [0, 0.1) is 0 Å². The predicted molar refractivity (Wildman–Crippen MR) is 95.3 cm³/mol. The maximum absolute atomic E-state index is 12.8. The van der Waals surface area contributed by atoms with Crippen molar-refractivity contribution in [2.24, 2.45) is 7.05 Å². The molecule has 3 heterocycles. The Labute approximate surface area is 141 Å². The van der Waals surface area contributed by atoms with E-state index in [0.717, 1.165) is 48.5 Å². The number of carbonyl (C=O) groups is 1. The summed E-state index contributed by atoms with van der Waals surface area (Å²) in [6.45, 7) is 3.08. The van der Waals surface area contributed by atoms with Crippen LogP contribution < -0.4 is 4.90 Å². The fraction of sp³-hybridized carbons (Fsp3) is 0.263. The van der Waals surface area contributed by atoms with Gasteiger partial charge in [0.05, 0.1) is 0 Å². The molecule has 5 heteroatoms. The van der Waals surface area contributed by atoms with Gasteiger partial charge in [0.15, 0.2) is 0 Å². The quantitative estimate of drug-likeness (QED) is 0.728. The number of benzene rings is 1. The molecule has 0 N–H and O–H groups in total. The Morgan fingerprint density at radius 2 is 1.88 bits per heavy atom. The number of fused-ring (bicyclic) bond motifs is 1. The Bertz CT molecular complexity index is 863. The second-order valence-corrected chi connectivity index (χ2v) is 6.17. The van der Waals surface area contributed by atoms with Gasteiger partial charge in [-0.3, -0.25) is 4.79 Å². The lowest BCUT2D eigenvalue weighted by Gasteiger charge is -2.35. The van der Waals surface area contributed by atoms with Crippen molar-refractivity contribution in [3.8, 4) is 0 Å². The molecule has 0 spiro atoms. The summed E-state index contributed by atoms with van der Waals surface area (Å²) in [5, 5.41) is 1.11. The third-order valence-electron chi connectivity index (χ3n) is 4.67. The average Bonchev–Trinajstić information content (AvgIpc) is 3.02. The third kappa shape index (κ3) is 2.62. The van der Waals surface area contributed by atoms with E-state index in [2.05, 4.69) is 14.5 Å². The number of nitrogens with zero attached hydrogens (tertiary/aromatic N) is 4. The Morgan fingerprint density at radius 3 is 2.62 bits per heavy atom. The van der Waals surface area contributed by atoms with E-state index in [9.17, 15) is 4.79 Å². The molecule has 0 aliphatic carbocycles. The molecule has 1 saturated heterocycles. The molecule has 0 atom stereocenters. The van der Waals surface area contributed by atoms with Crippen LogP contribution in [0.1, 0.15) is 10.4 Å². The van der Waals surface area contributed by atoms with E-state index in [-0.39, 0.29) is 5.91 Å². The number of carbonyl (C=O) groups excluding carboxylic acids is 1. The maximum Gasteiger partial charge on any atom is 0.253 e. The number of rotatable bonds is 2. The zero-order valence-electron chi connectivity index (χ0n) is 13.7. The van der Waals surface area contributed by atoms with Crippen LogP contribution in [0.15, 0.2) is 54.9 Å². The Morgan fingerprint density at radius 1 is 1.04 bits per heavy atom. The highest BCUT2D eigenvalue weighted by Crippen LogP contribution is 2.19. The first kappa shape index (κ1) is 14.8. The van der Waals surface area contributed by atoms with Crippen LogP contribution in [0.5, 0.6) is 0 Å². The number of piperazine rings is 1. The fourth-order valence-electron chi connectivity index (χ4n) is 3.28. The van der Waals surface area contributed by atoms with Crippen molar-refractivity contribution in [3.05, 3.63) is 60.4 Å². The summed E-state index contributed by atoms with van der Waals surface area (Å²) in [6.07, 6.45) is 3.83. The van der Waals surface area contributed by atoms with E-state index in [1.165, 1.54) is 0 Å². The number of anilines is 1. The molecule has 24 heavy (non-hydrogen) atoms. The monoisotopic (exact) mass is 320 g/mol. The van der Waals surface area contributed by atoms with Gasteiger partial charge in [0.2, 0.25) is 0 Å². The van der Waals surface area contributed by atoms with E-state index in [1.807, 2.05) is 66.8 Å². The van der Waals surface area contributed by atoms with Crippen LogP contribution in [0.3, 0.4) is 0 Å². The lowest BCUT2D eigenvalue weighted by molar-refractivity contribution is 0.0746. The van der Waals surface area contributed by atoms with Crippen LogP contribution in [-0.2, 0) is 7.05 Å². The second kappa shape index (κ2) is 6.00. The first-order valence-corrected chi connectivity index (χ1v) is 8.23. The molecule has 2 aromatic heterocycles. The number of aromatic nitrogens is 2. The summed E-state index contributed by atoms with van der Waals surface area (Å²) in [6, 6.07) is 13.9.